The van der Waals surface area contributed by atoms with Gasteiger partial charge in [-0.1, -0.05) is 0 Å². The first-order chi connectivity index (χ1) is 11.3. The molecule has 0 aromatic heterocycles. The summed E-state index contributed by atoms with van der Waals surface area (Å²) in [6, 6.07) is 9.71. The van der Waals surface area contributed by atoms with Crippen LogP contribution in [0.15, 0.2) is 42.5 Å². The Balaban J connectivity index is 2.08. The van der Waals surface area contributed by atoms with Crippen molar-refractivity contribution < 1.29 is 22.6 Å². The molecule has 0 saturated heterocycles. The normalized spacial score (nSPS) is 10.9. The molecule has 2 N–H and O–H groups in total. The van der Waals surface area contributed by atoms with Gasteiger partial charge in [0.1, 0.15) is 11.5 Å². The number of anilines is 2. The number of benzene rings is 2. The van der Waals surface area contributed by atoms with Crippen LogP contribution in [-0.4, -0.2) is 19.3 Å². The Morgan fingerprint density at radius 1 is 0.958 bits per heavy atom. The van der Waals surface area contributed by atoms with Gasteiger partial charge in [-0.2, -0.15) is 13.2 Å². The van der Waals surface area contributed by atoms with E-state index in [0.717, 1.165) is 12.1 Å². The van der Waals surface area contributed by atoms with Crippen LogP contribution < -0.4 is 20.1 Å². The molecule has 2 aromatic rings. The van der Waals surface area contributed by atoms with Crippen molar-refractivity contribution in [2.24, 2.45) is 0 Å². The summed E-state index contributed by atoms with van der Waals surface area (Å²) in [6.07, 6.45) is -4.37. The summed E-state index contributed by atoms with van der Waals surface area (Å²) < 4.78 is 48.0. The molecule has 2 rings (SSSR count). The Morgan fingerprint density at radius 3 is 2.17 bits per heavy atom. The van der Waals surface area contributed by atoms with E-state index in [9.17, 15) is 13.2 Å². The molecule has 0 unspecified atom stereocenters. The van der Waals surface area contributed by atoms with Crippen LogP contribution in [0.5, 0.6) is 11.5 Å². The maximum absolute atomic E-state index is 12.5. The van der Waals surface area contributed by atoms with E-state index in [-0.39, 0.29) is 5.11 Å². The predicted molar refractivity (Wildman–Crippen MR) is 90.8 cm³/mol. The number of alkyl halides is 3. The van der Waals surface area contributed by atoms with E-state index in [1.165, 1.54) is 26.4 Å². The van der Waals surface area contributed by atoms with Crippen molar-refractivity contribution in [1.29, 1.82) is 0 Å². The Morgan fingerprint density at radius 2 is 1.62 bits per heavy atom. The van der Waals surface area contributed by atoms with Gasteiger partial charge in [-0.3, -0.25) is 0 Å². The molecule has 0 saturated carbocycles. The average Bonchev–Trinajstić information content (AvgIpc) is 2.54. The number of methoxy groups -OCH3 is 2. The van der Waals surface area contributed by atoms with Crippen LogP contribution >= 0.6 is 12.2 Å². The van der Waals surface area contributed by atoms with Gasteiger partial charge in [0.05, 0.1) is 25.5 Å². The second-order valence-electron chi connectivity index (χ2n) is 4.72. The van der Waals surface area contributed by atoms with Crippen LogP contribution in [0.2, 0.25) is 0 Å². The van der Waals surface area contributed by atoms with E-state index >= 15 is 0 Å². The fourth-order valence-electron chi connectivity index (χ4n) is 1.94. The van der Waals surface area contributed by atoms with Gasteiger partial charge in [-0.25, -0.2) is 0 Å². The van der Waals surface area contributed by atoms with E-state index in [0.29, 0.717) is 22.9 Å². The lowest BCUT2D eigenvalue weighted by molar-refractivity contribution is -0.137. The fourth-order valence-corrected chi connectivity index (χ4v) is 2.17. The van der Waals surface area contributed by atoms with Gasteiger partial charge in [0.15, 0.2) is 5.11 Å². The van der Waals surface area contributed by atoms with E-state index < -0.39 is 11.7 Å². The van der Waals surface area contributed by atoms with Crippen molar-refractivity contribution in [3.63, 3.8) is 0 Å². The third-order valence-electron chi connectivity index (χ3n) is 3.12. The molecule has 0 bridgehead atoms. The molecule has 0 aliphatic heterocycles. The molecule has 0 aliphatic carbocycles. The predicted octanol–water partition coefficient (Wildman–Crippen LogP) is 4.53. The molecule has 24 heavy (non-hydrogen) atoms. The quantitative estimate of drug-likeness (QED) is 0.788. The Bertz CT molecular complexity index is 718. The van der Waals surface area contributed by atoms with Crippen molar-refractivity contribution in [3.8, 4) is 11.5 Å². The Labute approximate surface area is 142 Å². The minimum absolute atomic E-state index is 0.210. The fraction of sp³-hybridized carbons (Fsp3) is 0.188. The molecule has 0 radical (unpaired) electrons. The smallest absolute Gasteiger partial charge is 0.416 e. The zero-order chi connectivity index (χ0) is 17.7. The number of halogens is 3. The van der Waals surface area contributed by atoms with Crippen molar-refractivity contribution in [1.82, 2.24) is 0 Å². The minimum atomic E-state index is -4.37. The topological polar surface area (TPSA) is 42.5 Å². The summed E-state index contributed by atoms with van der Waals surface area (Å²) in [6.45, 7) is 0. The Kier molecular flexibility index (Phi) is 5.50. The summed E-state index contributed by atoms with van der Waals surface area (Å²) in [4.78, 5) is 0. The highest BCUT2D eigenvalue weighted by atomic mass is 32.1. The molecule has 0 spiro atoms. The van der Waals surface area contributed by atoms with Gasteiger partial charge in [-0.05, 0) is 48.6 Å². The maximum atomic E-state index is 12.5. The molecule has 4 nitrogen and oxygen atoms in total. The second kappa shape index (κ2) is 7.39. The van der Waals surface area contributed by atoms with Crippen LogP contribution in [-0.2, 0) is 6.18 Å². The zero-order valence-corrected chi connectivity index (χ0v) is 13.7. The number of thiocarbonyl (C=S) groups is 1. The molecule has 8 heteroatoms. The number of ether oxygens (including phenoxy) is 2. The molecule has 0 amide bonds. The number of rotatable bonds is 4. The van der Waals surface area contributed by atoms with Gasteiger partial charge in [-0.15, -0.1) is 0 Å². The summed E-state index contributed by atoms with van der Waals surface area (Å²) in [5.41, 5.74) is 0.282. The van der Waals surface area contributed by atoms with Crippen molar-refractivity contribution in [2.75, 3.05) is 24.9 Å². The lowest BCUT2D eigenvalue weighted by Crippen LogP contribution is -2.19. The lowest BCUT2D eigenvalue weighted by atomic mass is 10.2. The monoisotopic (exact) mass is 356 g/mol. The highest BCUT2D eigenvalue weighted by Crippen LogP contribution is 2.31. The van der Waals surface area contributed by atoms with Gasteiger partial charge in [0.2, 0.25) is 0 Å². The second-order valence-corrected chi connectivity index (χ2v) is 5.13. The highest BCUT2D eigenvalue weighted by molar-refractivity contribution is 7.80. The minimum Gasteiger partial charge on any atom is -0.497 e. The van der Waals surface area contributed by atoms with Crippen LogP contribution in [0, 0.1) is 0 Å². The summed E-state index contributed by atoms with van der Waals surface area (Å²) >= 11 is 5.17. The van der Waals surface area contributed by atoms with Crippen molar-refractivity contribution >= 4 is 28.7 Å². The maximum Gasteiger partial charge on any atom is 0.416 e. The third-order valence-corrected chi connectivity index (χ3v) is 3.33. The first kappa shape index (κ1) is 17.9. The average molecular weight is 356 g/mol. The van der Waals surface area contributed by atoms with Crippen molar-refractivity contribution in [2.45, 2.75) is 6.18 Å². The molecule has 0 heterocycles. The highest BCUT2D eigenvalue weighted by Gasteiger charge is 2.29. The molecule has 0 aliphatic rings. The van der Waals surface area contributed by atoms with Gasteiger partial charge < -0.3 is 20.1 Å². The Hall–Kier alpha value is -2.48. The first-order valence-corrected chi connectivity index (χ1v) is 7.21. The zero-order valence-electron chi connectivity index (χ0n) is 12.9. The van der Waals surface area contributed by atoms with Gasteiger partial charge in [0.25, 0.3) is 0 Å². The van der Waals surface area contributed by atoms with Crippen molar-refractivity contribution in [3.05, 3.63) is 48.0 Å². The van der Waals surface area contributed by atoms with E-state index in [1.54, 1.807) is 18.2 Å². The first-order valence-electron chi connectivity index (χ1n) is 6.81. The van der Waals surface area contributed by atoms with E-state index in [1.807, 2.05) is 0 Å². The summed E-state index contributed by atoms with van der Waals surface area (Å²) in [5.74, 6) is 1.16. The SMILES string of the molecule is COc1ccc(OC)c(NC(=S)Nc2ccc(C(F)(F)F)cc2)c1. The van der Waals surface area contributed by atoms with Crippen LogP contribution in [0.3, 0.4) is 0 Å². The molecule has 2 aromatic carbocycles. The molecule has 0 fully saturated rings. The number of hydrogen-bond acceptors (Lipinski definition) is 3. The molecular weight excluding hydrogens is 341 g/mol. The number of hydrogen-bond donors (Lipinski definition) is 2. The van der Waals surface area contributed by atoms with Crippen LogP contribution in [0.25, 0.3) is 0 Å². The number of nitrogens with one attached hydrogen (secondary N) is 2. The van der Waals surface area contributed by atoms with Crippen LogP contribution in [0.4, 0.5) is 24.5 Å². The lowest BCUT2D eigenvalue weighted by Gasteiger charge is -2.15. The van der Waals surface area contributed by atoms with Crippen LogP contribution in [0.1, 0.15) is 5.56 Å². The molecule has 0 atom stereocenters. The molecular formula is C16H15F3N2O2S. The summed E-state index contributed by atoms with van der Waals surface area (Å²) in [5, 5.41) is 5.95. The van der Waals surface area contributed by atoms with Gasteiger partial charge in [0, 0.05) is 11.8 Å². The van der Waals surface area contributed by atoms with Gasteiger partial charge >= 0.3 is 6.18 Å². The largest absolute Gasteiger partial charge is 0.497 e. The molecule has 128 valence electrons. The standard InChI is InChI=1S/C16H15F3N2O2S/c1-22-12-7-8-14(23-2)13(9-12)21-15(24)20-11-5-3-10(4-6-11)16(17,18)19/h3-9H,1-2H3,(H2,20,21,24). The van der Waals surface area contributed by atoms with E-state index in [2.05, 4.69) is 10.6 Å². The summed E-state index contributed by atoms with van der Waals surface area (Å²) in [7, 11) is 3.05. The van der Waals surface area contributed by atoms with E-state index in [4.69, 9.17) is 21.7 Å². The third kappa shape index (κ3) is 4.51.